The first-order chi connectivity index (χ1) is 17.7. The molecule has 4 rings (SSSR count). The summed E-state index contributed by atoms with van der Waals surface area (Å²) < 4.78 is 10.0. The lowest BCUT2D eigenvalue weighted by atomic mass is 9.94. The number of hydrogen-bond acceptors (Lipinski definition) is 7. The number of amides is 1. The van der Waals surface area contributed by atoms with E-state index in [9.17, 15) is 19.5 Å². The molecule has 9 heteroatoms. The third kappa shape index (κ3) is 4.75. The third-order valence-corrected chi connectivity index (χ3v) is 6.47. The predicted molar refractivity (Wildman–Crippen MR) is 141 cm³/mol. The molecule has 0 radical (unpaired) electrons. The van der Waals surface area contributed by atoms with E-state index in [0.29, 0.717) is 27.6 Å². The number of aliphatic hydroxyl groups is 1. The lowest BCUT2D eigenvalue weighted by Gasteiger charge is -2.26. The highest BCUT2D eigenvalue weighted by molar-refractivity contribution is 6.51. The van der Waals surface area contributed by atoms with Gasteiger partial charge in [-0.3, -0.25) is 14.5 Å². The summed E-state index contributed by atoms with van der Waals surface area (Å²) in [7, 11) is 6.52. The zero-order chi connectivity index (χ0) is 26.9. The van der Waals surface area contributed by atoms with Crippen LogP contribution in [-0.4, -0.2) is 51.1 Å². The number of methoxy groups -OCH3 is 2. The molecule has 0 bridgehead atoms. The number of carbonyl (C=O) groups excluding carboxylic acids is 3. The zero-order valence-electron chi connectivity index (χ0n) is 20.7. The summed E-state index contributed by atoms with van der Waals surface area (Å²) in [4.78, 5) is 41.8. The average Bonchev–Trinajstić information content (AvgIpc) is 3.18. The van der Waals surface area contributed by atoms with Crippen LogP contribution < -0.4 is 14.5 Å². The summed E-state index contributed by atoms with van der Waals surface area (Å²) in [5.74, 6) is -2.23. The minimum atomic E-state index is -0.929. The van der Waals surface area contributed by atoms with Gasteiger partial charge in [0, 0.05) is 31.0 Å². The predicted octanol–water partition coefficient (Wildman–Crippen LogP) is 4.83. The second kappa shape index (κ2) is 10.4. The lowest BCUT2D eigenvalue weighted by molar-refractivity contribution is -0.132. The maximum absolute atomic E-state index is 13.4. The number of esters is 1. The van der Waals surface area contributed by atoms with E-state index >= 15 is 0 Å². The largest absolute Gasteiger partial charge is 0.507 e. The van der Waals surface area contributed by atoms with Crippen LogP contribution in [0.25, 0.3) is 5.76 Å². The van der Waals surface area contributed by atoms with E-state index in [2.05, 4.69) is 0 Å². The average molecular weight is 521 g/mol. The van der Waals surface area contributed by atoms with Gasteiger partial charge in [0.15, 0.2) is 0 Å². The number of halogens is 1. The molecule has 1 unspecified atom stereocenters. The second-order valence-electron chi connectivity index (χ2n) is 8.54. The van der Waals surface area contributed by atoms with Crippen molar-refractivity contribution in [1.82, 2.24) is 0 Å². The Hall–Kier alpha value is -4.30. The quantitative estimate of drug-likeness (QED) is 0.215. The molecule has 1 aliphatic heterocycles. The maximum atomic E-state index is 13.4. The summed E-state index contributed by atoms with van der Waals surface area (Å²) in [6.45, 7) is 0. The van der Waals surface area contributed by atoms with Crippen molar-refractivity contribution in [2.75, 3.05) is 38.1 Å². The molecule has 37 heavy (non-hydrogen) atoms. The fraction of sp³-hybridized carbons (Fsp3) is 0.179. The molecule has 0 aliphatic carbocycles. The van der Waals surface area contributed by atoms with E-state index in [0.717, 1.165) is 5.69 Å². The molecule has 1 saturated heterocycles. The van der Waals surface area contributed by atoms with Gasteiger partial charge in [-0.25, -0.2) is 4.79 Å². The summed E-state index contributed by atoms with van der Waals surface area (Å²) in [5.41, 5.74) is 2.40. The Morgan fingerprint density at radius 2 is 1.57 bits per heavy atom. The lowest BCUT2D eigenvalue weighted by Crippen LogP contribution is -2.29. The van der Waals surface area contributed by atoms with Gasteiger partial charge in [-0.2, -0.15) is 0 Å². The van der Waals surface area contributed by atoms with E-state index < -0.39 is 23.7 Å². The minimum absolute atomic E-state index is 0.0796. The summed E-state index contributed by atoms with van der Waals surface area (Å²) in [6, 6.07) is 17.1. The van der Waals surface area contributed by atoms with Gasteiger partial charge in [0.1, 0.15) is 11.5 Å². The third-order valence-electron chi connectivity index (χ3n) is 6.16. The Kier molecular flexibility index (Phi) is 7.22. The van der Waals surface area contributed by atoms with Crippen LogP contribution in [0.1, 0.15) is 27.5 Å². The fourth-order valence-electron chi connectivity index (χ4n) is 4.21. The molecule has 1 heterocycles. The molecule has 1 N–H and O–H groups in total. The van der Waals surface area contributed by atoms with E-state index in [1.165, 1.54) is 43.4 Å². The molecule has 1 amide bonds. The van der Waals surface area contributed by atoms with Gasteiger partial charge in [-0.05, 0) is 60.2 Å². The number of anilines is 2. The molecule has 0 saturated carbocycles. The molecule has 3 aromatic rings. The number of aliphatic hydroxyl groups excluding tert-OH is 1. The minimum Gasteiger partial charge on any atom is -0.507 e. The zero-order valence-corrected chi connectivity index (χ0v) is 21.4. The highest BCUT2D eigenvalue weighted by atomic mass is 35.5. The highest BCUT2D eigenvalue weighted by Crippen LogP contribution is 2.43. The monoisotopic (exact) mass is 520 g/mol. The molecule has 190 valence electrons. The summed E-state index contributed by atoms with van der Waals surface area (Å²) in [5, 5.41) is 11.7. The molecule has 1 fully saturated rings. The van der Waals surface area contributed by atoms with Crippen molar-refractivity contribution in [3.05, 3.63) is 94.0 Å². The molecular formula is C28H25ClN2O6. The van der Waals surface area contributed by atoms with Crippen LogP contribution in [0.4, 0.5) is 11.4 Å². The van der Waals surface area contributed by atoms with Gasteiger partial charge in [0.25, 0.3) is 11.7 Å². The van der Waals surface area contributed by atoms with Crippen LogP contribution in [0.2, 0.25) is 5.02 Å². The Balaban J connectivity index is 1.90. The van der Waals surface area contributed by atoms with Crippen LogP contribution in [0, 0.1) is 0 Å². The Morgan fingerprint density at radius 3 is 2.14 bits per heavy atom. The van der Waals surface area contributed by atoms with Crippen LogP contribution in [0.3, 0.4) is 0 Å². The Morgan fingerprint density at radius 1 is 0.946 bits per heavy atom. The number of Topliss-reactive ketones (excluding diaryl/α,β-unsaturated/α-hetero) is 1. The number of nitrogens with zero attached hydrogens (tertiary/aromatic N) is 2. The fourth-order valence-corrected chi connectivity index (χ4v) is 4.40. The van der Waals surface area contributed by atoms with Crippen LogP contribution in [0.5, 0.6) is 5.75 Å². The molecule has 0 aromatic heterocycles. The first kappa shape index (κ1) is 25.8. The first-order valence-electron chi connectivity index (χ1n) is 11.3. The van der Waals surface area contributed by atoms with Crippen molar-refractivity contribution < 1.29 is 29.0 Å². The normalized spacial score (nSPS) is 16.6. The number of ether oxygens (including phenoxy) is 2. The molecule has 8 nitrogen and oxygen atoms in total. The van der Waals surface area contributed by atoms with Crippen molar-refractivity contribution in [2.45, 2.75) is 6.04 Å². The van der Waals surface area contributed by atoms with Crippen LogP contribution >= 0.6 is 11.6 Å². The SMILES string of the molecule is COC(=O)c1ccc(N2C(=O)C(=O)/C(=C(\O)c3ccc(Cl)c(OC)c3)C2c2ccc(N(C)C)cc2)cc1. The molecular weight excluding hydrogens is 496 g/mol. The number of benzene rings is 3. The van der Waals surface area contributed by atoms with Crippen molar-refractivity contribution in [3.63, 3.8) is 0 Å². The van der Waals surface area contributed by atoms with Crippen molar-refractivity contribution in [3.8, 4) is 5.75 Å². The first-order valence-corrected chi connectivity index (χ1v) is 11.7. The molecule has 1 aliphatic rings. The van der Waals surface area contributed by atoms with Gasteiger partial charge in [-0.1, -0.05) is 23.7 Å². The molecule has 1 atom stereocenters. The van der Waals surface area contributed by atoms with E-state index in [1.807, 2.05) is 31.1 Å². The second-order valence-corrected chi connectivity index (χ2v) is 8.95. The van der Waals surface area contributed by atoms with Gasteiger partial charge in [0.2, 0.25) is 0 Å². The van der Waals surface area contributed by atoms with Crippen molar-refractivity contribution in [2.24, 2.45) is 0 Å². The van der Waals surface area contributed by atoms with Crippen molar-refractivity contribution >= 4 is 46.4 Å². The van der Waals surface area contributed by atoms with Gasteiger partial charge in [0.05, 0.1) is 36.4 Å². The van der Waals surface area contributed by atoms with Gasteiger partial charge >= 0.3 is 5.97 Å². The summed E-state index contributed by atoms with van der Waals surface area (Å²) >= 11 is 6.14. The Labute approximate surface area is 219 Å². The van der Waals surface area contributed by atoms with Gasteiger partial charge < -0.3 is 19.5 Å². The number of ketones is 1. The number of rotatable bonds is 6. The number of carbonyl (C=O) groups is 3. The smallest absolute Gasteiger partial charge is 0.337 e. The maximum Gasteiger partial charge on any atom is 0.337 e. The van der Waals surface area contributed by atoms with Crippen molar-refractivity contribution in [1.29, 1.82) is 0 Å². The standard InChI is InChI=1S/C28H25ClN2O6/c1-30(2)19-10-5-16(6-11-19)24-23(25(32)18-9-14-21(29)22(15-18)36-3)26(33)27(34)31(24)20-12-7-17(8-13-20)28(35)37-4/h5-15,24,32H,1-4H3/b25-23-. The highest BCUT2D eigenvalue weighted by Gasteiger charge is 2.47. The topological polar surface area (TPSA) is 96.4 Å². The van der Waals surface area contributed by atoms with E-state index in [-0.39, 0.29) is 16.9 Å². The number of hydrogen-bond donors (Lipinski definition) is 1. The van der Waals surface area contributed by atoms with Crippen LogP contribution in [0.15, 0.2) is 72.3 Å². The van der Waals surface area contributed by atoms with Crippen LogP contribution in [-0.2, 0) is 14.3 Å². The van der Waals surface area contributed by atoms with Gasteiger partial charge in [-0.15, -0.1) is 0 Å². The Bertz CT molecular complexity index is 1400. The molecule has 0 spiro atoms. The summed E-state index contributed by atoms with van der Waals surface area (Å²) in [6.07, 6.45) is 0. The van der Waals surface area contributed by atoms with E-state index in [1.54, 1.807) is 30.3 Å². The van der Waals surface area contributed by atoms with E-state index in [4.69, 9.17) is 21.1 Å². The molecule has 3 aromatic carbocycles.